The van der Waals surface area contributed by atoms with Crippen molar-refractivity contribution in [2.45, 2.75) is 6.54 Å². The largest absolute Gasteiger partial charge is 0.454 e. The van der Waals surface area contributed by atoms with E-state index in [4.69, 9.17) is 9.47 Å². The van der Waals surface area contributed by atoms with Crippen molar-refractivity contribution < 1.29 is 14.3 Å². The summed E-state index contributed by atoms with van der Waals surface area (Å²) in [7, 11) is 0. The van der Waals surface area contributed by atoms with Crippen molar-refractivity contribution in [3.8, 4) is 11.5 Å². The molecule has 0 aliphatic carbocycles. The van der Waals surface area contributed by atoms with Crippen LogP contribution in [0.25, 0.3) is 0 Å². The molecule has 0 radical (unpaired) electrons. The Balaban J connectivity index is 1.20. The summed E-state index contributed by atoms with van der Waals surface area (Å²) in [5.74, 6) is 2.25. The number of ether oxygens (including phenoxy) is 2. The molecule has 3 aromatic rings. The lowest BCUT2D eigenvalue weighted by Crippen LogP contribution is -2.46. The van der Waals surface area contributed by atoms with E-state index in [1.54, 1.807) is 18.2 Å². The van der Waals surface area contributed by atoms with Crippen molar-refractivity contribution in [3.05, 3.63) is 72.1 Å². The number of anilines is 2. The number of piperazine rings is 1. The van der Waals surface area contributed by atoms with Crippen molar-refractivity contribution in [2.75, 3.05) is 43.2 Å². The quantitative estimate of drug-likeness (QED) is 0.684. The fourth-order valence-corrected chi connectivity index (χ4v) is 3.79. The number of benzene rings is 2. The number of aromatic nitrogens is 2. The summed E-state index contributed by atoms with van der Waals surface area (Å²) in [5, 5.41) is 2.85. The van der Waals surface area contributed by atoms with Crippen molar-refractivity contribution in [1.82, 2.24) is 14.9 Å². The molecule has 0 bridgehead atoms. The minimum atomic E-state index is -0.254. The second kappa shape index (κ2) is 8.61. The molecule has 1 fully saturated rings. The van der Waals surface area contributed by atoms with Gasteiger partial charge in [0.2, 0.25) is 6.79 Å². The first kappa shape index (κ1) is 19.3. The predicted octanol–water partition coefficient (Wildman–Crippen LogP) is 2.78. The van der Waals surface area contributed by atoms with Gasteiger partial charge < -0.3 is 19.7 Å². The summed E-state index contributed by atoms with van der Waals surface area (Å²) < 4.78 is 10.6. The lowest BCUT2D eigenvalue weighted by atomic mass is 10.2. The lowest BCUT2D eigenvalue weighted by Gasteiger charge is -2.35. The van der Waals surface area contributed by atoms with Crippen LogP contribution >= 0.6 is 0 Å². The Hall–Kier alpha value is -3.65. The average Bonchev–Trinajstić information content (AvgIpc) is 3.28. The number of hydrogen-bond acceptors (Lipinski definition) is 7. The molecule has 2 aliphatic heterocycles. The van der Waals surface area contributed by atoms with Gasteiger partial charge in [-0.15, -0.1) is 0 Å². The molecule has 2 aromatic carbocycles. The Morgan fingerprint density at radius 2 is 1.74 bits per heavy atom. The van der Waals surface area contributed by atoms with E-state index in [-0.39, 0.29) is 12.7 Å². The molecular weight excluding hydrogens is 394 g/mol. The van der Waals surface area contributed by atoms with Gasteiger partial charge in [0.25, 0.3) is 5.91 Å². The van der Waals surface area contributed by atoms with Gasteiger partial charge in [-0.1, -0.05) is 30.3 Å². The van der Waals surface area contributed by atoms with E-state index in [9.17, 15) is 4.79 Å². The van der Waals surface area contributed by atoms with Crippen molar-refractivity contribution in [3.63, 3.8) is 0 Å². The Morgan fingerprint density at radius 1 is 0.935 bits per heavy atom. The third-order valence-corrected chi connectivity index (χ3v) is 5.47. The highest BCUT2D eigenvalue weighted by atomic mass is 16.7. The van der Waals surface area contributed by atoms with Gasteiger partial charge in [-0.3, -0.25) is 9.69 Å². The normalized spacial score (nSPS) is 15.7. The van der Waals surface area contributed by atoms with Gasteiger partial charge in [-0.2, -0.15) is 0 Å². The standard InChI is InChI=1S/C23H23N5O3/c29-23(18-6-7-19-20(12-18)31-16-30-19)26-21-13-22(25-15-24-21)28-10-8-27(9-11-28)14-17-4-2-1-3-5-17/h1-7,12-13,15H,8-11,14,16H2,(H,24,25,26,29). The van der Waals surface area contributed by atoms with Crippen molar-refractivity contribution in [1.29, 1.82) is 0 Å². The molecule has 5 rings (SSSR count). The minimum Gasteiger partial charge on any atom is -0.454 e. The summed E-state index contributed by atoms with van der Waals surface area (Å²) in [6.45, 7) is 4.79. The zero-order valence-corrected chi connectivity index (χ0v) is 17.0. The van der Waals surface area contributed by atoms with Crippen LogP contribution in [-0.4, -0.2) is 53.7 Å². The molecule has 2 aliphatic rings. The number of hydrogen-bond donors (Lipinski definition) is 1. The van der Waals surface area contributed by atoms with Crippen LogP contribution in [0, 0.1) is 0 Å². The highest BCUT2D eigenvalue weighted by Crippen LogP contribution is 2.32. The van der Waals surface area contributed by atoms with Gasteiger partial charge in [-0.25, -0.2) is 9.97 Å². The topological polar surface area (TPSA) is 79.8 Å². The minimum absolute atomic E-state index is 0.175. The lowest BCUT2D eigenvalue weighted by molar-refractivity contribution is 0.102. The molecule has 1 amide bonds. The summed E-state index contributed by atoms with van der Waals surface area (Å²) >= 11 is 0. The van der Waals surface area contributed by atoms with E-state index < -0.39 is 0 Å². The smallest absolute Gasteiger partial charge is 0.256 e. The number of nitrogens with one attached hydrogen (secondary N) is 1. The SMILES string of the molecule is O=C(Nc1cc(N2CCN(Cc3ccccc3)CC2)ncn1)c1ccc2c(c1)OCO2. The monoisotopic (exact) mass is 417 g/mol. The zero-order chi connectivity index (χ0) is 21.0. The molecule has 8 heteroatoms. The highest BCUT2D eigenvalue weighted by molar-refractivity contribution is 6.04. The Morgan fingerprint density at radius 3 is 2.58 bits per heavy atom. The van der Waals surface area contributed by atoms with E-state index in [0.717, 1.165) is 38.5 Å². The summed E-state index contributed by atoms with van der Waals surface area (Å²) in [6.07, 6.45) is 1.49. The zero-order valence-electron chi connectivity index (χ0n) is 17.0. The summed E-state index contributed by atoms with van der Waals surface area (Å²) in [5.41, 5.74) is 1.81. The Bertz CT molecular complexity index is 1070. The molecule has 0 saturated carbocycles. The van der Waals surface area contributed by atoms with Gasteiger partial charge in [0.15, 0.2) is 11.5 Å². The van der Waals surface area contributed by atoms with Crippen LogP contribution in [-0.2, 0) is 6.54 Å². The molecule has 158 valence electrons. The van der Waals surface area contributed by atoms with Crippen LogP contribution in [0.5, 0.6) is 11.5 Å². The van der Waals surface area contributed by atoms with Gasteiger partial charge >= 0.3 is 0 Å². The molecule has 0 spiro atoms. The van der Waals surface area contributed by atoms with Gasteiger partial charge in [0, 0.05) is 44.4 Å². The second-order valence-corrected chi connectivity index (χ2v) is 7.53. The van der Waals surface area contributed by atoms with Crippen LogP contribution in [0.2, 0.25) is 0 Å². The number of carbonyl (C=O) groups excluding carboxylic acids is 1. The van der Waals surface area contributed by atoms with Crippen molar-refractivity contribution in [2.24, 2.45) is 0 Å². The van der Waals surface area contributed by atoms with Crippen LogP contribution in [0.15, 0.2) is 60.9 Å². The molecule has 31 heavy (non-hydrogen) atoms. The first-order valence-electron chi connectivity index (χ1n) is 10.3. The number of nitrogens with zero attached hydrogens (tertiary/aromatic N) is 4. The average molecular weight is 417 g/mol. The fraction of sp³-hybridized carbons (Fsp3) is 0.261. The molecule has 0 unspecified atom stereocenters. The summed E-state index contributed by atoms with van der Waals surface area (Å²) in [4.78, 5) is 25.9. The van der Waals surface area contributed by atoms with Crippen LogP contribution in [0.4, 0.5) is 11.6 Å². The highest BCUT2D eigenvalue weighted by Gasteiger charge is 2.20. The Kier molecular flexibility index (Phi) is 5.37. The molecule has 1 saturated heterocycles. The maximum atomic E-state index is 12.6. The van der Waals surface area contributed by atoms with Gasteiger partial charge in [-0.05, 0) is 23.8 Å². The van der Waals surface area contributed by atoms with E-state index in [2.05, 4.69) is 49.4 Å². The number of fused-ring (bicyclic) bond motifs is 1. The summed E-state index contributed by atoms with van der Waals surface area (Å²) in [6, 6.07) is 17.4. The molecular formula is C23H23N5O3. The second-order valence-electron chi connectivity index (χ2n) is 7.53. The van der Waals surface area contributed by atoms with E-state index in [1.165, 1.54) is 11.9 Å². The molecule has 3 heterocycles. The van der Waals surface area contributed by atoms with Crippen LogP contribution < -0.4 is 19.7 Å². The van der Waals surface area contributed by atoms with E-state index >= 15 is 0 Å². The van der Waals surface area contributed by atoms with Gasteiger partial charge in [0.1, 0.15) is 18.0 Å². The first-order chi connectivity index (χ1) is 15.2. The maximum Gasteiger partial charge on any atom is 0.256 e. The van der Waals surface area contributed by atoms with Crippen LogP contribution in [0.3, 0.4) is 0 Å². The number of carbonyl (C=O) groups is 1. The van der Waals surface area contributed by atoms with Gasteiger partial charge in [0.05, 0.1) is 0 Å². The molecule has 8 nitrogen and oxygen atoms in total. The fourth-order valence-electron chi connectivity index (χ4n) is 3.79. The maximum absolute atomic E-state index is 12.6. The molecule has 0 atom stereocenters. The third-order valence-electron chi connectivity index (χ3n) is 5.47. The first-order valence-corrected chi connectivity index (χ1v) is 10.3. The van der Waals surface area contributed by atoms with Crippen molar-refractivity contribution >= 4 is 17.5 Å². The third kappa shape index (κ3) is 4.44. The number of amides is 1. The predicted molar refractivity (Wildman–Crippen MR) is 116 cm³/mol. The Labute approximate surface area is 180 Å². The number of rotatable bonds is 5. The van der Waals surface area contributed by atoms with Crippen LogP contribution in [0.1, 0.15) is 15.9 Å². The van der Waals surface area contributed by atoms with E-state index in [0.29, 0.717) is 22.9 Å². The molecule has 1 aromatic heterocycles. The molecule has 1 N–H and O–H groups in total. The van der Waals surface area contributed by atoms with E-state index in [1.807, 2.05) is 12.1 Å².